The van der Waals surface area contributed by atoms with Crippen LogP contribution in [0.5, 0.6) is 0 Å². The van der Waals surface area contributed by atoms with E-state index in [1.165, 1.54) is 4.90 Å². The SMILES string of the molecule is C=CC1=C(C=C)N(C(N)=O)c2ccccc2C2OC12. The van der Waals surface area contributed by atoms with Gasteiger partial charge in [-0.1, -0.05) is 37.4 Å². The Morgan fingerprint density at radius 1 is 1.26 bits per heavy atom. The molecule has 1 aromatic rings. The second-order valence-electron chi connectivity index (χ2n) is 4.46. The molecule has 19 heavy (non-hydrogen) atoms. The molecular weight excluding hydrogens is 240 g/mol. The molecule has 2 heterocycles. The number of hydrogen-bond donors (Lipinski definition) is 1. The predicted molar refractivity (Wildman–Crippen MR) is 73.5 cm³/mol. The van der Waals surface area contributed by atoms with Crippen LogP contribution in [0.3, 0.4) is 0 Å². The molecule has 96 valence electrons. The van der Waals surface area contributed by atoms with Crippen molar-refractivity contribution in [2.45, 2.75) is 12.2 Å². The van der Waals surface area contributed by atoms with Gasteiger partial charge in [0.25, 0.3) is 0 Å². The zero-order valence-electron chi connectivity index (χ0n) is 10.4. The van der Waals surface area contributed by atoms with Gasteiger partial charge >= 0.3 is 6.03 Å². The van der Waals surface area contributed by atoms with Crippen LogP contribution in [0.1, 0.15) is 11.7 Å². The van der Waals surface area contributed by atoms with Crippen molar-refractivity contribution in [2.24, 2.45) is 5.73 Å². The number of anilines is 1. The molecule has 0 radical (unpaired) electrons. The van der Waals surface area contributed by atoms with E-state index in [1.807, 2.05) is 24.3 Å². The third kappa shape index (κ3) is 1.61. The molecule has 4 nitrogen and oxygen atoms in total. The van der Waals surface area contributed by atoms with E-state index in [0.29, 0.717) is 5.70 Å². The lowest BCUT2D eigenvalue weighted by Gasteiger charge is -2.24. The number of para-hydroxylation sites is 1. The normalized spacial score (nSPS) is 24.1. The Balaban J connectivity index is 2.28. The van der Waals surface area contributed by atoms with Crippen LogP contribution < -0.4 is 10.6 Å². The topological polar surface area (TPSA) is 58.9 Å². The summed E-state index contributed by atoms with van der Waals surface area (Å²) < 4.78 is 5.69. The van der Waals surface area contributed by atoms with Gasteiger partial charge < -0.3 is 10.5 Å². The first-order valence-electron chi connectivity index (χ1n) is 6.02. The largest absolute Gasteiger partial charge is 0.359 e. The molecule has 2 atom stereocenters. The van der Waals surface area contributed by atoms with Crippen molar-refractivity contribution < 1.29 is 9.53 Å². The zero-order valence-corrected chi connectivity index (χ0v) is 10.4. The van der Waals surface area contributed by atoms with E-state index >= 15 is 0 Å². The molecule has 1 fully saturated rings. The molecule has 1 saturated heterocycles. The Kier molecular flexibility index (Phi) is 2.54. The molecule has 2 aliphatic heterocycles. The van der Waals surface area contributed by atoms with Crippen LogP contribution in [-0.2, 0) is 4.74 Å². The summed E-state index contributed by atoms with van der Waals surface area (Å²) >= 11 is 0. The second kappa shape index (κ2) is 4.10. The van der Waals surface area contributed by atoms with Crippen molar-refractivity contribution in [3.05, 3.63) is 66.4 Å². The van der Waals surface area contributed by atoms with E-state index in [-0.39, 0.29) is 12.2 Å². The van der Waals surface area contributed by atoms with Crippen LogP contribution >= 0.6 is 0 Å². The maximum Gasteiger partial charge on any atom is 0.323 e. The van der Waals surface area contributed by atoms with Gasteiger partial charge in [-0.05, 0) is 12.1 Å². The molecule has 2 unspecified atom stereocenters. The lowest BCUT2D eigenvalue weighted by molar-refractivity contribution is 0.255. The number of urea groups is 1. The summed E-state index contributed by atoms with van der Waals surface area (Å²) in [4.78, 5) is 13.3. The first kappa shape index (κ1) is 11.7. The lowest BCUT2D eigenvalue weighted by atomic mass is 10.0. The fourth-order valence-electron chi connectivity index (χ4n) is 2.59. The monoisotopic (exact) mass is 254 g/mol. The van der Waals surface area contributed by atoms with Crippen molar-refractivity contribution in [3.63, 3.8) is 0 Å². The van der Waals surface area contributed by atoms with E-state index in [1.54, 1.807) is 12.2 Å². The first-order chi connectivity index (χ1) is 9.19. The highest BCUT2D eigenvalue weighted by atomic mass is 16.6. The van der Waals surface area contributed by atoms with Gasteiger partial charge in [0.1, 0.15) is 12.2 Å². The van der Waals surface area contributed by atoms with Gasteiger partial charge in [-0.2, -0.15) is 0 Å². The standard InChI is InChI=1S/C15H14N2O2/c1-3-9-11(4-2)17(15(16)18)12-8-6-5-7-10(12)14-13(9)19-14/h3-8,13-14H,1-2H2,(H2,16,18). The number of epoxide rings is 1. The number of carbonyl (C=O) groups excluding carboxylic acids is 1. The van der Waals surface area contributed by atoms with Gasteiger partial charge in [-0.3, -0.25) is 4.90 Å². The van der Waals surface area contributed by atoms with Gasteiger partial charge in [0.2, 0.25) is 0 Å². The number of ether oxygens (including phenoxy) is 1. The predicted octanol–water partition coefficient (Wildman–Crippen LogP) is 2.65. The molecule has 0 saturated carbocycles. The molecule has 0 spiro atoms. The number of carbonyl (C=O) groups is 1. The highest BCUT2D eigenvalue weighted by Gasteiger charge is 2.47. The molecule has 1 aromatic carbocycles. The van der Waals surface area contributed by atoms with Crippen LogP contribution in [-0.4, -0.2) is 12.1 Å². The van der Waals surface area contributed by atoms with Gasteiger partial charge in [-0.15, -0.1) is 0 Å². The number of benzene rings is 1. The van der Waals surface area contributed by atoms with Gasteiger partial charge in [-0.25, -0.2) is 4.79 Å². The number of hydrogen-bond acceptors (Lipinski definition) is 2. The molecular formula is C15H14N2O2. The zero-order chi connectivity index (χ0) is 13.6. The van der Waals surface area contributed by atoms with Gasteiger partial charge in [0.15, 0.2) is 0 Å². The number of nitrogens with two attached hydrogens (primary N) is 1. The van der Waals surface area contributed by atoms with E-state index in [4.69, 9.17) is 10.5 Å². The van der Waals surface area contributed by atoms with Crippen molar-refractivity contribution in [3.8, 4) is 0 Å². The quantitative estimate of drug-likeness (QED) is 0.825. The summed E-state index contributed by atoms with van der Waals surface area (Å²) in [6, 6.07) is 7.05. The molecule has 4 heteroatoms. The summed E-state index contributed by atoms with van der Waals surface area (Å²) in [7, 11) is 0. The average molecular weight is 254 g/mol. The fraction of sp³-hybridized carbons (Fsp3) is 0.133. The summed E-state index contributed by atoms with van der Waals surface area (Å²) in [5.41, 5.74) is 8.71. The third-order valence-corrected chi connectivity index (χ3v) is 3.45. The van der Waals surface area contributed by atoms with E-state index in [2.05, 4.69) is 13.2 Å². The Morgan fingerprint density at radius 2 is 2.00 bits per heavy atom. The van der Waals surface area contributed by atoms with E-state index in [0.717, 1.165) is 16.8 Å². The highest BCUT2D eigenvalue weighted by molar-refractivity contribution is 5.96. The number of nitrogens with zero attached hydrogens (tertiary/aromatic N) is 1. The number of primary amides is 1. The van der Waals surface area contributed by atoms with Crippen molar-refractivity contribution >= 4 is 11.7 Å². The Bertz CT molecular complexity index is 618. The number of allylic oxidation sites excluding steroid dienone is 1. The minimum Gasteiger partial charge on any atom is -0.359 e. The van der Waals surface area contributed by atoms with Crippen molar-refractivity contribution in [1.82, 2.24) is 0 Å². The van der Waals surface area contributed by atoms with Crippen LogP contribution in [0.15, 0.2) is 60.8 Å². The van der Waals surface area contributed by atoms with E-state index in [9.17, 15) is 4.79 Å². The van der Waals surface area contributed by atoms with Crippen molar-refractivity contribution in [1.29, 1.82) is 0 Å². The fourth-order valence-corrected chi connectivity index (χ4v) is 2.59. The smallest absolute Gasteiger partial charge is 0.323 e. The summed E-state index contributed by atoms with van der Waals surface area (Å²) in [6.45, 7) is 7.57. The lowest BCUT2D eigenvalue weighted by Crippen LogP contribution is -2.35. The Labute approximate surface area is 111 Å². The van der Waals surface area contributed by atoms with Crippen LogP contribution in [0.25, 0.3) is 0 Å². The van der Waals surface area contributed by atoms with Crippen LogP contribution in [0, 0.1) is 0 Å². The number of rotatable bonds is 2. The van der Waals surface area contributed by atoms with Gasteiger partial charge in [0, 0.05) is 11.1 Å². The average Bonchev–Trinajstić information content (AvgIpc) is 3.18. The number of amides is 2. The van der Waals surface area contributed by atoms with Crippen molar-refractivity contribution in [2.75, 3.05) is 4.90 Å². The summed E-state index contributed by atoms with van der Waals surface area (Å²) in [5, 5.41) is 0. The molecule has 2 amide bonds. The molecule has 0 bridgehead atoms. The maximum atomic E-state index is 11.8. The molecule has 2 aliphatic rings. The first-order valence-corrected chi connectivity index (χ1v) is 6.02. The van der Waals surface area contributed by atoms with E-state index < -0.39 is 6.03 Å². The molecule has 0 aromatic heterocycles. The minimum atomic E-state index is -0.539. The third-order valence-electron chi connectivity index (χ3n) is 3.45. The second-order valence-corrected chi connectivity index (χ2v) is 4.46. The molecule has 0 aliphatic carbocycles. The van der Waals surface area contributed by atoms with Gasteiger partial charge in [0.05, 0.1) is 11.4 Å². The minimum absolute atomic E-state index is 0.0384. The number of fused-ring (bicyclic) bond motifs is 3. The highest BCUT2D eigenvalue weighted by Crippen LogP contribution is 2.51. The van der Waals surface area contributed by atoms with Crippen LogP contribution in [0.2, 0.25) is 0 Å². The maximum absolute atomic E-state index is 11.8. The summed E-state index contributed by atoms with van der Waals surface area (Å²) in [5.74, 6) is 0. The Morgan fingerprint density at radius 3 is 2.63 bits per heavy atom. The molecule has 3 rings (SSSR count). The molecule has 2 N–H and O–H groups in total. The Hall–Kier alpha value is -2.33. The summed E-state index contributed by atoms with van der Waals surface area (Å²) in [6.07, 6.45) is 3.20. The van der Waals surface area contributed by atoms with Crippen LogP contribution in [0.4, 0.5) is 10.5 Å².